The van der Waals surface area contributed by atoms with Crippen molar-refractivity contribution in [2.75, 3.05) is 5.32 Å². The van der Waals surface area contributed by atoms with Gasteiger partial charge < -0.3 is 5.32 Å². The van der Waals surface area contributed by atoms with Crippen molar-refractivity contribution in [1.82, 2.24) is 20.2 Å². The fraction of sp³-hybridized carbons (Fsp3) is 0.0952. The van der Waals surface area contributed by atoms with Crippen LogP contribution in [0.15, 0.2) is 72.8 Å². The number of tetrazole rings is 1. The van der Waals surface area contributed by atoms with Crippen LogP contribution in [0.3, 0.4) is 0 Å². The van der Waals surface area contributed by atoms with E-state index in [4.69, 9.17) is 11.6 Å². The van der Waals surface area contributed by atoms with Crippen LogP contribution in [-0.2, 0) is 0 Å². The van der Waals surface area contributed by atoms with Gasteiger partial charge >= 0.3 is 0 Å². The van der Waals surface area contributed by atoms with Crippen LogP contribution in [0.2, 0.25) is 5.02 Å². The summed E-state index contributed by atoms with van der Waals surface area (Å²) in [5.41, 5.74) is 3.14. The lowest BCUT2D eigenvalue weighted by Gasteiger charge is -2.20. The zero-order chi connectivity index (χ0) is 21.1. The first kappa shape index (κ1) is 19.5. The summed E-state index contributed by atoms with van der Waals surface area (Å²) >= 11 is 6.20. The molecule has 0 spiro atoms. The Morgan fingerprint density at radius 3 is 2.63 bits per heavy atom. The molecule has 0 aliphatic rings. The molecule has 30 heavy (non-hydrogen) atoms. The summed E-state index contributed by atoms with van der Waals surface area (Å²) < 4.78 is 1.60. The minimum absolute atomic E-state index is 0.00896. The molecule has 0 saturated heterocycles. The summed E-state index contributed by atoms with van der Waals surface area (Å²) in [7, 11) is 0. The lowest BCUT2D eigenvalue weighted by atomic mass is 10.0. The summed E-state index contributed by atoms with van der Waals surface area (Å²) in [6.45, 7) is 1.93. The van der Waals surface area contributed by atoms with Crippen molar-refractivity contribution >= 4 is 23.0 Å². The zero-order valence-corrected chi connectivity index (χ0v) is 16.7. The Kier molecular flexibility index (Phi) is 5.40. The molecular weight excluding hydrogens is 404 g/mol. The Morgan fingerprint density at radius 1 is 1.07 bits per heavy atom. The fourth-order valence-electron chi connectivity index (χ4n) is 3.17. The third-order valence-corrected chi connectivity index (χ3v) is 4.89. The van der Waals surface area contributed by atoms with Crippen LogP contribution in [0.4, 0.5) is 11.4 Å². The molecule has 0 saturated carbocycles. The van der Waals surface area contributed by atoms with Gasteiger partial charge in [-0.15, -0.1) is 5.10 Å². The number of nitrogens with one attached hydrogen (secondary N) is 1. The monoisotopic (exact) mass is 420 g/mol. The maximum atomic E-state index is 11.3. The highest BCUT2D eigenvalue weighted by molar-refractivity contribution is 6.30. The molecule has 8 nitrogen and oxygen atoms in total. The van der Waals surface area contributed by atoms with E-state index in [1.807, 2.05) is 43.3 Å². The van der Waals surface area contributed by atoms with Crippen molar-refractivity contribution in [2.24, 2.45) is 0 Å². The van der Waals surface area contributed by atoms with Gasteiger partial charge in [0.25, 0.3) is 5.69 Å². The molecule has 1 N–H and O–H groups in total. The van der Waals surface area contributed by atoms with Gasteiger partial charge in [0.2, 0.25) is 0 Å². The van der Waals surface area contributed by atoms with Crippen molar-refractivity contribution in [3.8, 4) is 5.69 Å². The minimum atomic E-state index is -0.541. The van der Waals surface area contributed by atoms with E-state index in [1.165, 1.54) is 12.1 Å². The number of hydrogen-bond acceptors (Lipinski definition) is 6. The van der Waals surface area contributed by atoms with Gasteiger partial charge in [-0.2, -0.15) is 4.68 Å². The Bertz CT molecular complexity index is 1200. The second-order valence-corrected chi connectivity index (χ2v) is 7.11. The Balaban J connectivity index is 1.85. The Labute approximate surface area is 177 Å². The number of benzene rings is 3. The Hall–Kier alpha value is -3.78. The van der Waals surface area contributed by atoms with Crippen molar-refractivity contribution < 1.29 is 4.92 Å². The van der Waals surface area contributed by atoms with Crippen LogP contribution in [0.5, 0.6) is 0 Å². The van der Waals surface area contributed by atoms with Crippen molar-refractivity contribution in [1.29, 1.82) is 0 Å². The number of halogens is 1. The van der Waals surface area contributed by atoms with Crippen molar-refractivity contribution in [3.05, 3.63) is 105 Å². The van der Waals surface area contributed by atoms with Gasteiger partial charge in [0.1, 0.15) is 6.04 Å². The topological polar surface area (TPSA) is 98.8 Å². The molecule has 150 valence electrons. The molecule has 0 fully saturated rings. The number of nitrogens with zero attached hydrogens (tertiary/aromatic N) is 5. The number of aryl methyl sites for hydroxylation is 1. The molecule has 1 aromatic heterocycles. The SMILES string of the molecule is Cc1ccc(Cl)cc1-n1nnnc1C(Nc1ccccc1)c1cccc([N+](=O)[O-])c1. The zero-order valence-electron chi connectivity index (χ0n) is 15.9. The molecule has 0 radical (unpaired) electrons. The van der Waals surface area contributed by atoms with Gasteiger partial charge in [-0.1, -0.05) is 48.0 Å². The van der Waals surface area contributed by atoms with Crippen LogP contribution in [0, 0.1) is 17.0 Å². The molecule has 0 amide bonds. The number of rotatable bonds is 6. The average molecular weight is 421 g/mol. The highest BCUT2D eigenvalue weighted by atomic mass is 35.5. The average Bonchev–Trinajstić information content (AvgIpc) is 3.24. The van der Waals surface area contributed by atoms with E-state index in [-0.39, 0.29) is 5.69 Å². The van der Waals surface area contributed by atoms with E-state index < -0.39 is 11.0 Å². The lowest BCUT2D eigenvalue weighted by Crippen LogP contribution is -2.18. The molecule has 0 bridgehead atoms. The van der Waals surface area contributed by atoms with Crippen LogP contribution < -0.4 is 5.32 Å². The first-order valence-electron chi connectivity index (χ1n) is 9.13. The smallest absolute Gasteiger partial charge is 0.269 e. The third kappa shape index (κ3) is 3.99. The summed E-state index contributed by atoms with van der Waals surface area (Å²) in [6.07, 6.45) is 0. The van der Waals surface area contributed by atoms with Gasteiger partial charge in [-0.25, -0.2) is 0 Å². The standard InChI is InChI=1S/C21H17ClN6O2/c1-14-10-11-16(22)13-19(14)27-21(24-25-26-27)20(23-17-7-3-2-4-8-17)15-6-5-9-18(12-15)28(29)30/h2-13,20,23H,1H3. The molecule has 0 aliphatic heterocycles. The predicted molar refractivity (Wildman–Crippen MR) is 114 cm³/mol. The highest BCUT2D eigenvalue weighted by Gasteiger charge is 2.24. The Morgan fingerprint density at radius 2 is 1.87 bits per heavy atom. The number of anilines is 1. The number of non-ortho nitro benzene ring substituents is 1. The second kappa shape index (κ2) is 8.30. The van der Waals surface area contributed by atoms with Gasteiger partial charge in [0.05, 0.1) is 10.6 Å². The van der Waals surface area contributed by atoms with E-state index in [1.54, 1.807) is 28.9 Å². The van der Waals surface area contributed by atoms with E-state index in [2.05, 4.69) is 20.8 Å². The molecule has 1 heterocycles. The number of para-hydroxylation sites is 1. The predicted octanol–water partition coefficient (Wildman–Crippen LogP) is 4.73. The second-order valence-electron chi connectivity index (χ2n) is 6.68. The van der Waals surface area contributed by atoms with Crippen molar-refractivity contribution in [3.63, 3.8) is 0 Å². The number of hydrogen-bond donors (Lipinski definition) is 1. The van der Waals surface area contributed by atoms with Gasteiger partial charge in [0.15, 0.2) is 5.82 Å². The van der Waals surface area contributed by atoms with E-state index in [9.17, 15) is 10.1 Å². The molecule has 4 aromatic rings. The minimum Gasteiger partial charge on any atom is -0.371 e. The molecule has 9 heteroatoms. The molecular formula is C21H17ClN6O2. The highest BCUT2D eigenvalue weighted by Crippen LogP contribution is 2.30. The van der Waals surface area contributed by atoms with Crippen LogP contribution >= 0.6 is 11.6 Å². The maximum absolute atomic E-state index is 11.3. The maximum Gasteiger partial charge on any atom is 0.269 e. The van der Waals surface area contributed by atoms with Gasteiger partial charge in [0, 0.05) is 22.8 Å². The summed E-state index contributed by atoms with van der Waals surface area (Å²) in [5.74, 6) is 0.477. The fourth-order valence-corrected chi connectivity index (χ4v) is 3.34. The van der Waals surface area contributed by atoms with Crippen LogP contribution in [0.1, 0.15) is 23.0 Å². The third-order valence-electron chi connectivity index (χ3n) is 4.65. The van der Waals surface area contributed by atoms with E-state index >= 15 is 0 Å². The summed E-state index contributed by atoms with van der Waals surface area (Å²) in [6, 6.07) is 20.9. The molecule has 3 aromatic carbocycles. The summed E-state index contributed by atoms with van der Waals surface area (Å²) in [4.78, 5) is 10.9. The lowest BCUT2D eigenvalue weighted by molar-refractivity contribution is -0.384. The van der Waals surface area contributed by atoms with Crippen molar-refractivity contribution in [2.45, 2.75) is 13.0 Å². The molecule has 4 rings (SSSR count). The first-order valence-corrected chi connectivity index (χ1v) is 9.51. The quantitative estimate of drug-likeness (QED) is 0.357. The number of nitro benzene ring substituents is 1. The largest absolute Gasteiger partial charge is 0.371 e. The van der Waals surface area contributed by atoms with E-state index in [0.29, 0.717) is 16.4 Å². The van der Waals surface area contributed by atoms with Crippen LogP contribution in [0.25, 0.3) is 5.69 Å². The number of aromatic nitrogens is 4. The molecule has 0 aliphatic carbocycles. The molecule has 1 atom stereocenters. The van der Waals surface area contributed by atoms with Gasteiger partial charge in [-0.3, -0.25) is 10.1 Å². The van der Waals surface area contributed by atoms with Crippen LogP contribution in [-0.4, -0.2) is 25.1 Å². The number of nitro groups is 1. The van der Waals surface area contributed by atoms with E-state index in [0.717, 1.165) is 16.9 Å². The summed E-state index contributed by atoms with van der Waals surface area (Å²) in [5, 5.41) is 27.5. The first-order chi connectivity index (χ1) is 14.5. The molecule has 1 unspecified atom stereocenters. The normalized spacial score (nSPS) is 11.8. The van der Waals surface area contributed by atoms with Gasteiger partial charge in [-0.05, 0) is 52.7 Å².